The van der Waals surface area contributed by atoms with Crippen molar-refractivity contribution in [2.45, 2.75) is 52.0 Å². The van der Waals surface area contributed by atoms with E-state index in [2.05, 4.69) is 52.5 Å². The van der Waals surface area contributed by atoms with E-state index in [1.54, 1.807) is 11.3 Å². The monoisotopic (exact) mass is 453 g/mol. The summed E-state index contributed by atoms with van der Waals surface area (Å²) in [5.74, 6) is -0.841. The third-order valence-electron chi connectivity index (χ3n) is 6.13. The van der Waals surface area contributed by atoms with E-state index in [4.69, 9.17) is 4.74 Å². The van der Waals surface area contributed by atoms with Gasteiger partial charge in [0.2, 0.25) is 0 Å². The second-order valence-corrected chi connectivity index (χ2v) is 9.68. The van der Waals surface area contributed by atoms with Gasteiger partial charge in [0.1, 0.15) is 0 Å². The lowest BCUT2D eigenvalue weighted by Crippen LogP contribution is -2.39. The number of fused-ring (bicyclic) bond motifs is 1. The van der Waals surface area contributed by atoms with Crippen LogP contribution in [0.25, 0.3) is 10.2 Å². The van der Waals surface area contributed by atoms with Crippen LogP contribution >= 0.6 is 11.3 Å². The molecule has 32 heavy (non-hydrogen) atoms. The van der Waals surface area contributed by atoms with E-state index in [1.165, 1.54) is 0 Å². The van der Waals surface area contributed by atoms with Gasteiger partial charge in [-0.05, 0) is 68.5 Å². The highest BCUT2D eigenvalue weighted by molar-refractivity contribution is 7.18. The van der Waals surface area contributed by atoms with Gasteiger partial charge in [0.05, 0.1) is 33.0 Å². The number of carbonyl (C=O) groups is 1. The molecule has 0 aliphatic carbocycles. The van der Waals surface area contributed by atoms with Crippen LogP contribution in [0, 0.1) is 6.92 Å². The smallest absolute Gasteiger partial charge is 0.303 e. The number of aryl methyl sites for hydroxylation is 1. The largest absolute Gasteiger partial charge is 0.481 e. The molecule has 1 saturated heterocycles. The lowest BCUT2D eigenvalue weighted by atomic mass is 9.96. The molecule has 1 fully saturated rings. The van der Waals surface area contributed by atoms with Crippen LogP contribution in [0.15, 0.2) is 36.4 Å². The molecule has 2 aromatic carbocycles. The van der Waals surface area contributed by atoms with Crippen LogP contribution in [0.1, 0.15) is 49.6 Å². The Kier molecular flexibility index (Phi) is 6.96. The zero-order valence-corrected chi connectivity index (χ0v) is 19.7. The number of benzene rings is 2. The molecule has 0 radical (unpaired) electrons. The van der Waals surface area contributed by atoms with Crippen LogP contribution in [-0.4, -0.2) is 41.9 Å². The van der Waals surface area contributed by atoms with Crippen LogP contribution < -0.4 is 10.2 Å². The minimum Gasteiger partial charge on any atom is -0.481 e. The highest BCUT2D eigenvalue weighted by Crippen LogP contribution is 2.36. The van der Waals surface area contributed by atoms with Crippen molar-refractivity contribution in [3.8, 4) is 0 Å². The normalized spacial score (nSPS) is 15.6. The number of aliphatic carboxylic acids is 1. The van der Waals surface area contributed by atoms with E-state index in [9.17, 15) is 9.90 Å². The first-order valence-corrected chi connectivity index (χ1v) is 12.1. The lowest BCUT2D eigenvalue weighted by molar-refractivity contribution is -0.137. The second-order valence-electron chi connectivity index (χ2n) is 8.45. The number of hydrogen-bond acceptors (Lipinski definition) is 6. The van der Waals surface area contributed by atoms with Gasteiger partial charge in [-0.25, -0.2) is 4.98 Å². The molecule has 3 aromatic rings. The molecule has 170 valence electrons. The third kappa shape index (κ3) is 5.05. The van der Waals surface area contributed by atoms with Crippen LogP contribution in [0.5, 0.6) is 0 Å². The van der Waals surface area contributed by atoms with Crippen molar-refractivity contribution in [3.63, 3.8) is 0 Å². The fraction of sp³-hybridized carbons (Fsp3) is 0.440. The van der Waals surface area contributed by atoms with Crippen molar-refractivity contribution in [1.29, 1.82) is 0 Å². The molecule has 1 aromatic heterocycles. The van der Waals surface area contributed by atoms with E-state index >= 15 is 0 Å². The van der Waals surface area contributed by atoms with Gasteiger partial charge in [0.15, 0.2) is 0 Å². The summed E-state index contributed by atoms with van der Waals surface area (Å²) < 4.78 is 6.74. The Morgan fingerprint density at radius 3 is 2.78 bits per heavy atom. The Morgan fingerprint density at radius 2 is 2.06 bits per heavy atom. The van der Waals surface area contributed by atoms with Crippen LogP contribution in [0.3, 0.4) is 0 Å². The molecule has 2 N–H and O–H groups in total. The molecule has 4 rings (SSSR count). The highest BCUT2D eigenvalue weighted by atomic mass is 32.1. The van der Waals surface area contributed by atoms with Gasteiger partial charge in [-0.3, -0.25) is 4.79 Å². The van der Waals surface area contributed by atoms with Crippen molar-refractivity contribution in [1.82, 2.24) is 4.98 Å². The topological polar surface area (TPSA) is 74.7 Å². The second kappa shape index (κ2) is 9.88. The zero-order valence-electron chi connectivity index (χ0n) is 18.9. The standard InChI is InChI=1S/C25H31N3O3S/c1-4-28(20-9-11-31-12-10-20)23-8-5-18(16(2)13-25(29)30)14-22(23)27-19-6-7-21-24(15-19)32-17(3)26-21/h5-8,14-16,20,27H,4,9-13H2,1-3H3,(H,29,30). The minimum absolute atomic E-state index is 0.0631. The SMILES string of the molecule is CCN(c1ccc(C(C)CC(=O)O)cc1Nc1ccc2nc(C)sc2c1)C1CCOCC1. The fourth-order valence-electron chi connectivity index (χ4n) is 4.49. The molecule has 6 nitrogen and oxygen atoms in total. The van der Waals surface area contributed by atoms with E-state index in [-0.39, 0.29) is 12.3 Å². The van der Waals surface area contributed by atoms with Crippen molar-refractivity contribution >= 4 is 44.6 Å². The summed E-state index contributed by atoms with van der Waals surface area (Å²) in [5.41, 5.74) is 5.20. The maximum absolute atomic E-state index is 11.3. The van der Waals surface area contributed by atoms with Gasteiger partial charge in [-0.1, -0.05) is 13.0 Å². The third-order valence-corrected chi connectivity index (χ3v) is 7.06. The van der Waals surface area contributed by atoms with E-state index in [1.807, 2.05) is 19.9 Å². The van der Waals surface area contributed by atoms with E-state index in [0.29, 0.717) is 6.04 Å². The number of hydrogen-bond donors (Lipinski definition) is 2. The van der Waals surface area contributed by atoms with Crippen molar-refractivity contribution in [3.05, 3.63) is 47.0 Å². The molecule has 1 unspecified atom stereocenters. The van der Waals surface area contributed by atoms with E-state index in [0.717, 1.165) is 70.5 Å². The quantitative estimate of drug-likeness (QED) is 0.440. The predicted molar refractivity (Wildman–Crippen MR) is 132 cm³/mol. The lowest BCUT2D eigenvalue weighted by Gasteiger charge is -2.36. The Morgan fingerprint density at radius 1 is 1.28 bits per heavy atom. The Bertz CT molecular complexity index is 1090. The summed E-state index contributed by atoms with van der Waals surface area (Å²) in [5, 5.41) is 14.0. The fourth-order valence-corrected chi connectivity index (χ4v) is 5.35. The molecular weight excluding hydrogens is 422 g/mol. The zero-order chi connectivity index (χ0) is 22.7. The first-order chi connectivity index (χ1) is 15.4. The Labute approximate surface area is 193 Å². The number of nitrogens with one attached hydrogen (secondary N) is 1. The first kappa shape index (κ1) is 22.6. The molecule has 7 heteroatoms. The summed E-state index contributed by atoms with van der Waals surface area (Å²) in [6.07, 6.45) is 2.13. The maximum atomic E-state index is 11.3. The average molecular weight is 454 g/mol. The summed E-state index contributed by atoms with van der Waals surface area (Å²) >= 11 is 1.69. The molecule has 0 saturated carbocycles. The molecule has 0 bridgehead atoms. The molecule has 2 heterocycles. The van der Waals surface area contributed by atoms with Crippen molar-refractivity contribution < 1.29 is 14.6 Å². The van der Waals surface area contributed by atoms with Gasteiger partial charge >= 0.3 is 5.97 Å². The van der Waals surface area contributed by atoms with Crippen molar-refractivity contribution in [2.24, 2.45) is 0 Å². The first-order valence-electron chi connectivity index (χ1n) is 11.3. The Hall–Kier alpha value is -2.64. The summed E-state index contributed by atoms with van der Waals surface area (Å²) in [6, 6.07) is 13.0. The number of aromatic nitrogens is 1. The maximum Gasteiger partial charge on any atom is 0.303 e. The predicted octanol–water partition coefficient (Wildman–Crippen LogP) is 5.93. The molecule has 0 spiro atoms. The number of anilines is 3. The summed E-state index contributed by atoms with van der Waals surface area (Å²) in [4.78, 5) is 18.3. The number of carboxylic acid groups (broad SMARTS) is 1. The van der Waals surface area contributed by atoms with Crippen molar-refractivity contribution in [2.75, 3.05) is 30.0 Å². The van der Waals surface area contributed by atoms with Gasteiger partial charge in [0.25, 0.3) is 0 Å². The molecule has 1 atom stereocenters. The van der Waals surface area contributed by atoms with Crippen LogP contribution in [-0.2, 0) is 9.53 Å². The van der Waals surface area contributed by atoms with Gasteiger partial charge in [0, 0.05) is 31.5 Å². The van der Waals surface area contributed by atoms with Crippen LogP contribution in [0.2, 0.25) is 0 Å². The molecular formula is C25H31N3O3S. The number of nitrogens with zero attached hydrogens (tertiary/aromatic N) is 2. The average Bonchev–Trinajstić information content (AvgIpc) is 3.14. The molecule has 1 aliphatic rings. The minimum atomic E-state index is -0.778. The Balaban J connectivity index is 1.71. The van der Waals surface area contributed by atoms with Gasteiger partial charge in [-0.2, -0.15) is 0 Å². The molecule has 1 aliphatic heterocycles. The highest BCUT2D eigenvalue weighted by Gasteiger charge is 2.23. The molecule has 0 amide bonds. The number of carboxylic acids is 1. The number of thiazole rings is 1. The van der Waals surface area contributed by atoms with Crippen LogP contribution in [0.4, 0.5) is 17.1 Å². The van der Waals surface area contributed by atoms with E-state index < -0.39 is 5.97 Å². The summed E-state index contributed by atoms with van der Waals surface area (Å²) in [6.45, 7) is 8.66. The number of ether oxygens (including phenoxy) is 1. The van der Waals surface area contributed by atoms with Gasteiger partial charge in [-0.15, -0.1) is 11.3 Å². The summed E-state index contributed by atoms with van der Waals surface area (Å²) in [7, 11) is 0. The van der Waals surface area contributed by atoms with Gasteiger partial charge < -0.3 is 20.1 Å². The number of rotatable bonds is 8.